The molecule has 4 heterocycles. The van der Waals surface area contributed by atoms with Gasteiger partial charge in [-0.3, -0.25) is 9.79 Å². The van der Waals surface area contributed by atoms with E-state index in [1.54, 1.807) is 18.5 Å². The van der Waals surface area contributed by atoms with Gasteiger partial charge in [-0.05, 0) is 73.0 Å². The molecule has 2 fully saturated rings. The van der Waals surface area contributed by atoms with Crippen LogP contribution in [0.25, 0.3) is 10.9 Å². The van der Waals surface area contributed by atoms with Crippen molar-refractivity contribution in [3.05, 3.63) is 48.1 Å². The zero-order chi connectivity index (χ0) is 26.2. The highest BCUT2D eigenvalue weighted by Gasteiger charge is 2.14. The van der Waals surface area contributed by atoms with Crippen LogP contribution in [0.4, 0.5) is 5.82 Å². The molecular formula is C27H44N8O. The highest BCUT2D eigenvalue weighted by Crippen LogP contribution is 2.17. The van der Waals surface area contributed by atoms with Gasteiger partial charge in [-0.15, -0.1) is 0 Å². The Bertz CT molecular complexity index is 955. The summed E-state index contributed by atoms with van der Waals surface area (Å²) in [7, 11) is 8.14. The fourth-order valence-electron chi connectivity index (χ4n) is 3.74. The Morgan fingerprint density at radius 3 is 2.42 bits per heavy atom. The van der Waals surface area contributed by atoms with E-state index in [2.05, 4.69) is 55.2 Å². The van der Waals surface area contributed by atoms with Gasteiger partial charge in [0.15, 0.2) is 6.29 Å². The number of carbonyl (C=O) groups excluding carboxylic acids is 1. The minimum Gasteiger partial charge on any atom is -0.368 e. The van der Waals surface area contributed by atoms with Crippen molar-refractivity contribution in [3.63, 3.8) is 0 Å². The Kier molecular flexibility index (Phi) is 13.5. The summed E-state index contributed by atoms with van der Waals surface area (Å²) in [6, 6.07) is 3.69. The quantitative estimate of drug-likeness (QED) is 0.308. The van der Waals surface area contributed by atoms with Gasteiger partial charge in [-0.1, -0.05) is 12.5 Å². The number of hydrogen-bond acceptors (Lipinski definition) is 8. The van der Waals surface area contributed by atoms with E-state index in [1.165, 1.54) is 32.4 Å². The van der Waals surface area contributed by atoms with E-state index in [0.29, 0.717) is 12.2 Å². The third kappa shape index (κ3) is 11.2. The molecule has 3 N–H and O–H groups in total. The van der Waals surface area contributed by atoms with Crippen LogP contribution in [0.15, 0.2) is 47.4 Å². The van der Waals surface area contributed by atoms with Gasteiger partial charge < -0.3 is 30.3 Å². The van der Waals surface area contributed by atoms with Gasteiger partial charge >= 0.3 is 0 Å². The molecule has 0 aliphatic carbocycles. The van der Waals surface area contributed by atoms with Crippen molar-refractivity contribution in [2.45, 2.75) is 19.3 Å². The molecule has 9 heteroatoms. The zero-order valence-electron chi connectivity index (χ0n) is 22.5. The van der Waals surface area contributed by atoms with Gasteiger partial charge in [0.1, 0.15) is 5.82 Å². The summed E-state index contributed by atoms with van der Waals surface area (Å²) in [6.07, 6.45) is 12.7. The minimum absolute atomic E-state index is 0.553. The lowest BCUT2D eigenvalue weighted by atomic mass is 10.2. The summed E-state index contributed by atoms with van der Waals surface area (Å²) >= 11 is 0. The zero-order valence-corrected chi connectivity index (χ0v) is 22.5. The molecule has 0 saturated carbocycles. The molecule has 0 unspecified atom stereocenters. The second-order valence-corrected chi connectivity index (χ2v) is 9.46. The largest absolute Gasteiger partial charge is 0.368 e. The number of likely N-dealkylation sites (N-methyl/N-ethyl adjacent to an activating group) is 1. The number of nitrogens with one attached hydrogen (secondary N) is 3. The summed E-state index contributed by atoms with van der Waals surface area (Å²) in [5.41, 5.74) is 2.51. The Morgan fingerprint density at radius 1 is 1.17 bits per heavy atom. The number of aliphatic imine (C=N–C) groups is 1. The number of allylic oxidation sites excluding steroid dienone is 1. The average molecular weight is 497 g/mol. The van der Waals surface area contributed by atoms with Crippen molar-refractivity contribution in [1.82, 2.24) is 30.0 Å². The molecule has 2 aliphatic rings. The number of pyridine rings is 1. The van der Waals surface area contributed by atoms with Gasteiger partial charge in [-0.25, -0.2) is 4.98 Å². The molecule has 2 aromatic heterocycles. The fourth-order valence-corrected chi connectivity index (χ4v) is 3.74. The van der Waals surface area contributed by atoms with E-state index < -0.39 is 0 Å². The van der Waals surface area contributed by atoms with Gasteiger partial charge in [-0.2, -0.15) is 0 Å². The topological polar surface area (TPSA) is 91.9 Å². The van der Waals surface area contributed by atoms with Crippen LogP contribution in [-0.4, -0.2) is 112 Å². The van der Waals surface area contributed by atoms with Crippen molar-refractivity contribution < 1.29 is 4.79 Å². The van der Waals surface area contributed by atoms with Crippen LogP contribution in [0.1, 0.15) is 29.8 Å². The summed E-state index contributed by atoms with van der Waals surface area (Å²) < 4.78 is 0. The first kappa shape index (κ1) is 29.2. The molecule has 0 amide bonds. The number of hydrogen-bond donors (Lipinski definition) is 3. The average Bonchev–Trinajstić information content (AvgIpc) is 3.30. The van der Waals surface area contributed by atoms with Crippen LogP contribution in [0, 0.1) is 0 Å². The van der Waals surface area contributed by atoms with Crippen molar-refractivity contribution in [1.29, 1.82) is 0 Å². The van der Waals surface area contributed by atoms with Gasteiger partial charge in [0.25, 0.3) is 0 Å². The fraction of sp³-hybridized carbons (Fsp3) is 0.519. The predicted octanol–water partition coefficient (Wildman–Crippen LogP) is 3.07. The Hall–Kier alpha value is -3.01. The molecular weight excluding hydrogens is 452 g/mol. The lowest BCUT2D eigenvalue weighted by Crippen LogP contribution is -2.43. The molecule has 0 atom stereocenters. The Labute approximate surface area is 216 Å². The molecule has 2 aliphatic heterocycles. The van der Waals surface area contributed by atoms with E-state index in [4.69, 9.17) is 0 Å². The number of piperazine rings is 1. The summed E-state index contributed by atoms with van der Waals surface area (Å²) in [6.45, 7) is 10.8. The lowest BCUT2D eigenvalue weighted by molar-refractivity contribution is 0.112. The first-order valence-corrected chi connectivity index (χ1v) is 12.7. The molecule has 2 aromatic rings. The Morgan fingerprint density at radius 2 is 1.86 bits per heavy atom. The van der Waals surface area contributed by atoms with Crippen molar-refractivity contribution in [2.24, 2.45) is 4.99 Å². The molecule has 4 rings (SSSR count). The molecule has 9 nitrogen and oxygen atoms in total. The van der Waals surface area contributed by atoms with E-state index in [1.807, 2.05) is 38.2 Å². The SMILES string of the molecule is C1CCNCC1.C=N/C=C(\C=C/CNc1cc2[nH]c(C=O)cc2cn1)N1CCN(C)CC1.CN(C)C. The van der Waals surface area contributed by atoms with Crippen molar-refractivity contribution in [2.75, 3.05) is 79.3 Å². The normalized spacial score (nSPS) is 16.8. The number of carbonyl (C=O) groups is 1. The van der Waals surface area contributed by atoms with Crippen LogP contribution >= 0.6 is 0 Å². The third-order valence-corrected chi connectivity index (χ3v) is 5.64. The standard InChI is InChI=1S/C19H24N6O.C5H11N.C3H9N/c1-20-13-17(25-8-6-24(2)7-9-25)4-3-5-21-19-11-18-15(12-22-19)10-16(14-26)23-18;1-2-4-6-5-3-1;1-4(2)3/h3-4,10-14,23H,1,5-9H2,2H3,(H,21,22);6H,1-5H2;1-3H3/b4-3-,17-13+;;. The van der Waals surface area contributed by atoms with Crippen LogP contribution in [-0.2, 0) is 0 Å². The number of fused-ring (bicyclic) bond motifs is 1. The highest BCUT2D eigenvalue weighted by atomic mass is 16.1. The summed E-state index contributed by atoms with van der Waals surface area (Å²) in [5, 5.41) is 7.47. The monoisotopic (exact) mass is 496 g/mol. The van der Waals surface area contributed by atoms with Crippen LogP contribution in [0.5, 0.6) is 0 Å². The maximum Gasteiger partial charge on any atom is 0.166 e. The lowest BCUT2D eigenvalue weighted by Gasteiger charge is -2.34. The van der Waals surface area contributed by atoms with Crippen LogP contribution < -0.4 is 10.6 Å². The Balaban J connectivity index is 0.000000382. The van der Waals surface area contributed by atoms with E-state index in [-0.39, 0.29) is 0 Å². The summed E-state index contributed by atoms with van der Waals surface area (Å²) in [4.78, 5) is 28.8. The highest BCUT2D eigenvalue weighted by molar-refractivity contribution is 5.88. The number of aromatic amines is 1. The first-order valence-electron chi connectivity index (χ1n) is 12.7. The minimum atomic E-state index is 0.553. The molecule has 0 spiro atoms. The molecule has 0 aromatic carbocycles. The molecule has 0 radical (unpaired) electrons. The van der Waals surface area contributed by atoms with E-state index in [0.717, 1.165) is 54.9 Å². The first-order chi connectivity index (χ1) is 17.4. The van der Waals surface area contributed by atoms with E-state index >= 15 is 0 Å². The van der Waals surface area contributed by atoms with E-state index in [9.17, 15) is 4.79 Å². The van der Waals surface area contributed by atoms with Gasteiger partial charge in [0.05, 0.1) is 16.9 Å². The molecule has 0 bridgehead atoms. The smallest absolute Gasteiger partial charge is 0.166 e. The number of rotatable bonds is 7. The maximum atomic E-state index is 10.8. The van der Waals surface area contributed by atoms with Crippen molar-refractivity contribution in [3.8, 4) is 0 Å². The van der Waals surface area contributed by atoms with Crippen LogP contribution in [0.3, 0.4) is 0 Å². The maximum absolute atomic E-state index is 10.8. The molecule has 36 heavy (non-hydrogen) atoms. The predicted molar refractivity (Wildman–Crippen MR) is 152 cm³/mol. The number of nitrogens with zero attached hydrogens (tertiary/aromatic N) is 5. The second kappa shape index (κ2) is 16.6. The van der Waals surface area contributed by atoms with Gasteiger partial charge in [0, 0.05) is 56.6 Å². The van der Waals surface area contributed by atoms with Crippen LogP contribution in [0.2, 0.25) is 0 Å². The van der Waals surface area contributed by atoms with Crippen molar-refractivity contribution >= 4 is 29.7 Å². The number of piperidine rings is 1. The number of H-pyrrole nitrogens is 1. The number of aldehydes is 1. The van der Waals surface area contributed by atoms with Gasteiger partial charge in [0.2, 0.25) is 0 Å². The summed E-state index contributed by atoms with van der Waals surface area (Å²) in [5.74, 6) is 0.758. The second-order valence-electron chi connectivity index (χ2n) is 9.46. The third-order valence-electron chi connectivity index (χ3n) is 5.64. The molecule has 198 valence electrons. The molecule has 2 saturated heterocycles. The number of aromatic nitrogens is 2. The number of anilines is 1.